The molecule has 2 atom stereocenters. The molecule has 0 unspecified atom stereocenters. The number of anilines is 1. The zero-order chi connectivity index (χ0) is 12.0. The lowest BCUT2D eigenvalue weighted by Crippen LogP contribution is -2.18. The van der Waals surface area contributed by atoms with Gasteiger partial charge in [-0.15, -0.1) is 0 Å². The van der Waals surface area contributed by atoms with Crippen LogP contribution in [0.2, 0.25) is 0 Å². The number of pyridine rings is 1. The first-order valence-electron chi connectivity index (χ1n) is 5.29. The summed E-state index contributed by atoms with van der Waals surface area (Å²) in [4.78, 5) is 7.76. The van der Waals surface area contributed by atoms with Gasteiger partial charge in [-0.25, -0.2) is 14.4 Å². The smallest absolute Gasteiger partial charge is 0.167 e. The van der Waals surface area contributed by atoms with Crippen molar-refractivity contribution in [3.8, 4) is 0 Å². The highest BCUT2D eigenvalue weighted by atomic mass is 19.1. The molecule has 0 saturated carbocycles. The van der Waals surface area contributed by atoms with E-state index in [-0.39, 0.29) is 17.4 Å². The van der Waals surface area contributed by atoms with Gasteiger partial charge in [0, 0.05) is 0 Å². The molecule has 0 spiro atoms. The molecule has 5 nitrogen and oxygen atoms in total. The molecular weight excluding hydrogens is 223 g/mol. The van der Waals surface area contributed by atoms with E-state index in [0.717, 1.165) is 6.20 Å². The Morgan fingerprint density at radius 3 is 3.00 bits per heavy atom. The van der Waals surface area contributed by atoms with Crippen LogP contribution in [0.5, 0.6) is 0 Å². The lowest BCUT2D eigenvalue weighted by molar-refractivity contribution is 0.148. The molecule has 6 heteroatoms. The van der Waals surface area contributed by atoms with Crippen molar-refractivity contribution in [1.82, 2.24) is 14.5 Å². The fraction of sp³-hybridized carbons (Fsp3) is 0.273. The Balaban J connectivity index is 2.24. The third-order valence-electron chi connectivity index (χ3n) is 3.01. The van der Waals surface area contributed by atoms with E-state index in [0.29, 0.717) is 11.9 Å². The number of rotatable bonds is 1. The minimum Gasteiger partial charge on any atom is -0.390 e. The van der Waals surface area contributed by atoms with Gasteiger partial charge >= 0.3 is 0 Å². The Kier molecular flexibility index (Phi) is 2.12. The van der Waals surface area contributed by atoms with Crippen LogP contribution < -0.4 is 5.73 Å². The van der Waals surface area contributed by atoms with E-state index in [4.69, 9.17) is 5.73 Å². The van der Waals surface area contributed by atoms with Crippen LogP contribution in [-0.2, 0) is 0 Å². The highest BCUT2D eigenvalue weighted by Crippen LogP contribution is 2.29. The zero-order valence-electron chi connectivity index (χ0n) is 8.92. The highest BCUT2D eigenvalue weighted by molar-refractivity contribution is 5.85. The van der Waals surface area contributed by atoms with Gasteiger partial charge in [-0.2, -0.15) is 0 Å². The third kappa shape index (κ3) is 1.41. The van der Waals surface area contributed by atoms with Gasteiger partial charge in [0.2, 0.25) is 0 Å². The molecule has 0 radical (unpaired) electrons. The number of aliphatic hydroxyl groups is 1. The maximum Gasteiger partial charge on any atom is 0.167 e. The number of halogens is 1. The van der Waals surface area contributed by atoms with Crippen molar-refractivity contribution in [2.45, 2.75) is 18.6 Å². The summed E-state index contributed by atoms with van der Waals surface area (Å²) < 4.78 is 15.4. The molecule has 2 heterocycles. The third-order valence-corrected chi connectivity index (χ3v) is 3.01. The van der Waals surface area contributed by atoms with Gasteiger partial charge < -0.3 is 15.4 Å². The number of hydrogen-bond donors (Lipinski definition) is 2. The van der Waals surface area contributed by atoms with E-state index >= 15 is 0 Å². The molecule has 0 aliphatic heterocycles. The molecule has 0 fully saturated rings. The van der Waals surface area contributed by atoms with Gasteiger partial charge in [-0.1, -0.05) is 12.2 Å². The summed E-state index contributed by atoms with van der Waals surface area (Å²) in [6.45, 7) is 0. The Morgan fingerprint density at radius 2 is 2.29 bits per heavy atom. The van der Waals surface area contributed by atoms with E-state index in [9.17, 15) is 9.50 Å². The summed E-state index contributed by atoms with van der Waals surface area (Å²) in [5.41, 5.74) is 6.25. The predicted octanol–water partition coefficient (Wildman–Crippen LogP) is 1.01. The summed E-state index contributed by atoms with van der Waals surface area (Å²) in [7, 11) is 0. The molecule has 3 rings (SSSR count). The van der Waals surface area contributed by atoms with Crippen molar-refractivity contribution in [3.05, 3.63) is 30.5 Å². The largest absolute Gasteiger partial charge is 0.390 e. The number of aliphatic hydroxyl groups excluding tert-OH is 1. The van der Waals surface area contributed by atoms with Crippen LogP contribution in [0.3, 0.4) is 0 Å². The summed E-state index contributed by atoms with van der Waals surface area (Å²) >= 11 is 0. The standard InChI is InChI=1S/C11H11FN4O/c12-6-4-14-11(13)9-10(6)16(5-15-9)7-2-1-3-8(7)17/h1-2,4-5,7-8,17H,3H2,(H2,13,14)/t7-,8-/m1/s1. The maximum absolute atomic E-state index is 13.8. The lowest BCUT2D eigenvalue weighted by atomic mass is 10.2. The van der Waals surface area contributed by atoms with Crippen LogP contribution in [-0.4, -0.2) is 25.7 Å². The van der Waals surface area contributed by atoms with Crippen molar-refractivity contribution in [2.75, 3.05) is 5.73 Å². The Bertz CT molecular complexity index is 607. The summed E-state index contributed by atoms with van der Waals surface area (Å²) in [6, 6.07) is -0.295. The lowest BCUT2D eigenvalue weighted by Gasteiger charge is -2.16. The van der Waals surface area contributed by atoms with Crippen LogP contribution in [0, 0.1) is 5.82 Å². The number of aromatic nitrogens is 3. The fourth-order valence-corrected chi connectivity index (χ4v) is 2.16. The average Bonchev–Trinajstić information content (AvgIpc) is 2.89. The molecule has 88 valence electrons. The molecule has 0 bridgehead atoms. The summed E-state index contributed by atoms with van der Waals surface area (Å²) in [6.07, 6.45) is 6.26. The van der Waals surface area contributed by atoms with Crippen LogP contribution in [0.1, 0.15) is 12.5 Å². The zero-order valence-corrected chi connectivity index (χ0v) is 8.92. The molecule has 1 aliphatic carbocycles. The molecule has 0 amide bonds. The minimum absolute atomic E-state index is 0.191. The SMILES string of the molecule is Nc1ncc(F)c2c1ncn2[C@@H]1C=CC[C@H]1O. The molecule has 3 N–H and O–H groups in total. The van der Waals surface area contributed by atoms with E-state index in [1.165, 1.54) is 6.33 Å². The van der Waals surface area contributed by atoms with Gasteiger partial charge in [-0.05, 0) is 6.42 Å². The van der Waals surface area contributed by atoms with Gasteiger partial charge in [0.05, 0.1) is 24.7 Å². The number of nitrogens with two attached hydrogens (primary N) is 1. The number of hydrogen-bond acceptors (Lipinski definition) is 4. The number of nitrogens with zero attached hydrogens (tertiary/aromatic N) is 3. The molecule has 1 aliphatic rings. The van der Waals surface area contributed by atoms with Crippen LogP contribution >= 0.6 is 0 Å². The minimum atomic E-state index is -0.554. The second kappa shape index (κ2) is 3.53. The van der Waals surface area contributed by atoms with Gasteiger partial charge in [0.15, 0.2) is 11.6 Å². The van der Waals surface area contributed by atoms with Gasteiger partial charge in [0.1, 0.15) is 11.0 Å². The number of fused-ring (bicyclic) bond motifs is 1. The highest BCUT2D eigenvalue weighted by Gasteiger charge is 2.25. The van der Waals surface area contributed by atoms with E-state index in [2.05, 4.69) is 9.97 Å². The van der Waals surface area contributed by atoms with E-state index < -0.39 is 11.9 Å². The first-order chi connectivity index (χ1) is 8.18. The van der Waals surface area contributed by atoms with Crippen molar-refractivity contribution >= 4 is 16.9 Å². The van der Waals surface area contributed by atoms with Gasteiger partial charge in [-0.3, -0.25) is 0 Å². The average molecular weight is 234 g/mol. The quantitative estimate of drug-likeness (QED) is 0.722. The van der Waals surface area contributed by atoms with Crippen LogP contribution in [0.15, 0.2) is 24.7 Å². The molecule has 2 aromatic rings. The van der Waals surface area contributed by atoms with Crippen molar-refractivity contribution < 1.29 is 9.50 Å². The Morgan fingerprint density at radius 1 is 1.47 bits per heavy atom. The number of nitrogen functional groups attached to an aromatic ring is 1. The first-order valence-corrected chi connectivity index (χ1v) is 5.29. The normalized spacial score (nSPS) is 23.6. The van der Waals surface area contributed by atoms with Crippen LogP contribution in [0.4, 0.5) is 10.2 Å². The molecule has 0 aromatic carbocycles. The first kappa shape index (κ1) is 10.2. The Hall–Kier alpha value is -1.95. The van der Waals surface area contributed by atoms with Crippen molar-refractivity contribution in [3.63, 3.8) is 0 Å². The predicted molar refractivity (Wildman–Crippen MR) is 60.7 cm³/mol. The molecule has 17 heavy (non-hydrogen) atoms. The molecule has 0 saturated heterocycles. The Labute approximate surface area is 96.4 Å². The number of imidazole rings is 1. The molecular formula is C11H11FN4O. The monoisotopic (exact) mass is 234 g/mol. The fourth-order valence-electron chi connectivity index (χ4n) is 2.16. The molecule has 2 aromatic heterocycles. The summed E-state index contributed by atoms with van der Waals surface area (Å²) in [5, 5.41) is 9.80. The summed E-state index contributed by atoms with van der Waals surface area (Å²) in [5.74, 6) is -0.296. The van der Waals surface area contributed by atoms with Gasteiger partial charge in [0.25, 0.3) is 0 Å². The second-order valence-electron chi connectivity index (χ2n) is 4.06. The maximum atomic E-state index is 13.8. The topological polar surface area (TPSA) is 77.0 Å². The second-order valence-corrected chi connectivity index (χ2v) is 4.06. The van der Waals surface area contributed by atoms with Crippen LogP contribution in [0.25, 0.3) is 11.0 Å². The van der Waals surface area contributed by atoms with E-state index in [1.54, 1.807) is 4.57 Å². The van der Waals surface area contributed by atoms with Crippen molar-refractivity contribution in [2.24, 2.45) is 0 Å². The van der Waals surface area contributed by atoms with E-state index in [1.807, 2.05) is 12.2 Å². The van der Waals surface area contributed by atoms with Crippen molar-refractivity contribution in [1.29, 1.82) is 0 Å².